The Kier molecular flexibility index (Phi) is 4.38. The number of nitrogens with one attached hydrogen (secondary N) is 2. The third-order valence-electron chi connectivity index (χ3n) is 2.81. The number of ether oxygens (including phenoxy) is 1. The first-order valence-corrected chi connectivity index (χ1v) is 7.48. The highest BCUT2D eigenvalue weighted by atomic mass is 32.2. The number of esters is 1. The lowest BCUT2D eigenvalue weighted by molar-refractivity contribution is -0.142. The third-order valence-corrected chi connectivity index (χ3v) is 4.36. The van der Waals surface area contributed by atoms with Crippen LogP contribution in [0.1, 0.15) is 5.69 Å². The average molecular weight is 313 g/mol. The normalized spacial score (nSPS) is 13.0. The highest BCUT2D eigenvalue weighted by molar-refractivity contribution is 7.89. The highest BCUT2D eigenvalue weighted by Crippen LogP contribution is 2.09. The summed E-state index contributed by atoms with van der Waals surface area (Å²) in [7, 11) is -1.20. The zero-order valence-electron chi connectivity index (χ0n) is 11.5. The molecule has 0 aliphatic heterocycles. The number of H-pyrrole nitrogens is 1. The van der Waals surface area contributed by atoms with Gasteiger partial charge in [0.1, 0.15) is 6.04 Å². The van der Waals surface area contributed by atoms with Gasteiger partial charge in [0, 0.05) is 25.4 Å². The summed E-state index contributed by atoms with van der Waals surface area (Å²) < 4.78 is 32.7. The molecule has 0 amide bonds. The lowest BCUT2D eigenvalue weighted by Gasteiger charge is -2.15. The predicted molar refractivity (Wildman–Crippen MR) is 71.6 cm³/mol. The minimum Gasteiger partial charge on any atom is -0.468 e. The number of hydrogen-bond donors (Lipinski definition) is 2. The molecular formula is C11H15N5O4S. The van der Waals surface area contributed by atoms with Crippen LogP contribution in [0.2, 0.25) is 0 Å². The standard InChI is InChI=1S/C11H15N5O4S/c1-16-10(3-4-14-16)21(18,19)15-9(11(17)20-2)5-8-6-12-7-13-8/h3-4,6-7,9,15H,5H2,1-2H3,(H,12,13)/t9-/m0/s1. The molecule has 0 saturated heterocycles. The number of nitrogens with zero attached hydrogens (tertiary/aromatic N) is 3. The van der Waals surface area contributed by atoms with E-state index in [9.17, 15) is 13.2 Å². The van der Waals surface area contributed by atoms with Crippen LogP contribution in [0.3, 0.4) is 0 Å². The van der Waals surface area contributed by atoms with Gasteiger partial charge in [0.25, 0.3) is 10.0 Å². The van der Waals surface area contributed by atoms with Crippen molar-refractivity contribution in [3.63, 3.8) is 0 Å². The molecule has 0 bridgehead atoms. The second-order valence-corrected chi connectivity index (χ2v) is 5.93. The summed E-state index contributed by atoms with van der Waals surface area (Å²) in [4.78, 5) is 18.4. The van der Waals surface area contributed by atoms with Gasteiger partial charge in [-0.3, -0.25) is 9.48 Å². The molecule has 21 heavy (non-hydrogen) atoms. The number of rotatable bonds is 6. The molecule has 0 aliphatic carbocycles. The van der Waals surface area contributed by atoms with Gasteiger partial charge in [-0.25, -0.2) is 13.4 Å². The molecule has 1 atom stereocenters. The molecule has 2 heterocycles. The maximum atomic E-state index is 12.3. The van der Waals surface area contributed by atoms with Crippen LogP contribution in [0.4, 0.5) is 0 Å². The lowest BCUT2D eigenvalue weighted by atomic mass is 10.2. The van der Waals surface area contributed by atoms with E-state index in [0.717, 1.165) is 0 Å². The number of hydrogen-bond acceptors (Lipinski definition) is 6. The molecule has 0 fully saturated rings. The van der Waals surface area contributed by atoms with E-state index in [1.807, 2.05) is 0 Å². The third kappa shape index (κ3) is 3.47. The summed E-state index contributed by atoms with van der Waals surface area (Å²) in [5.41, 5.74) is 0.609. The van der Waals surface area contributed by atoms with Gasteiger partial charge in [0.15, 0.2) is 5.03 Å². The Balaban J connectivity index is 2.22. The summed E-state index contributed by atoms with van der Waals surface area (Å²) in [6, 6.07) is 0.280. The zero-order valence-corrected chi connectivity index (χ0v) is 12.3. The Morgan fingerprint density at radius 2 is 2.33 bits per heavy atom. The fourth-order valence-corrected chi connectivity index (χ4v) is 3.11. The van der Waals surface area contributed by atoms with Gasteiger partial charge in [0.2, 0.25) is 0 Å². The van der Waals surface area contributed by atoms with E-state index < -0.39 is 22.0 Å². The molecule has 0 aliphatic rings. The number of carbonyl (C=O) groups is 1. The van der Waals surface area contributed by atoms with Gasteiger partial charge in [-0.1, -0.05) is 0 Å². The van der Waals surface area contributed by atoms with E-state index in [2.05, 4.69) is 24.5 Å². The maximum Gasteiger partial charge on any atom is 0.324 e. The van der Waals surface area contributed by atoms with Gasteiger partial charge < -0.3 is 9.72 Å². The maximum absolute atomic E-state index is 12.3. The van der Waals surface area contributed by atoms with Crippen molar-refractivity contribution in [2.24, 2.45) is 7.05 Å². The van der Waals surface area contributed by atoms with Crippen LogP contribution in [0.25, 0.3) is 0 Å². The molecule has 0 aromatic carbocycles. The van der Waals surface area contributed by atoms with Gasteiger partial charge in [-0.15, -0.1) is 0 Å². The molecular weight excluding hydrogens is 298 g/mol. The minimum atomic E-state index is -3.89. The van der Waals surface area contributed by atoms with Crippen molar-refractivity contribution in [2.75, 3.05) is 7.11 Å². The average Bonchev–Trinajstić information content (AvgIpc) is 3.08. The number of aromatic amines is 1. The monoisotopic (exact) mass is 313 g/mol. The molecule has 10 heteroatoms. The van der Waals surface area contributed by atoms with E-state index in [0.29, 0.717) is 5.69 Å². The molecule has 0 unspecified atom stereocenters. The van der Waals surface area contributed by atoms with Gasteiger partial charge >= 0.3 is 5.97 Å². The van der Waals surface area contributed by atoms with Crippen LogP contribution in [0.5, 0.6) is 0 Å². The van der Waals surface area contributed by atoms with Crippen molar-refractivity contribution < 1.29 is 17.9 Å². The molecule has 9 nitrogen and oxygen atoms in total. The summed E-state index contributed by atoms with van der Waals surface area (Å²) >= 11 is 0. The Morgan fingerprint density at radius 1 is 1.57 bits per heavy atom. The Bertz CT molecular complexity index is 707. The number of aromatic nitrogens is 4. The van der Waals surface area contributed by atoms with Crippen LogP contribution in [-0.2, 0) is 33.0 Å². The van der Waals surface area contributed by atoms with E-state index in [1.165, 1.54) is 43.6 Å². The first kappa shape index (κ1) is 15.2. The Morgan fingerprint density at radius 3 is 2.86 bits per heavy atom. The van der Waals surface area contributed by atoms with Crippen molar-refractivity contribution in [1.29, 1.82) is 0 Å². The van der Waals surface area contributed by atoms with Gasteiger partial charge in [-0.2, -0.15) is 9.82 Å². The van der Waals surface area contributed by atoms with Crippen molar-refractivity contribution in [3.8, 4) is 0 Å². The summed E-state index contributed by atoms with van der Waals surface area (Å²) in [5, 5.41) is 3.76. The van der Waals surface area contributed by atoms with E-state index in [-0.39, 0.29) is 11.4 Å². The molecule has 0 saturated carbocycles. The number of aryl methyl sites for hydroxylation is 1. The molecule has 2 rings (SSSR count). The highest BCUT2D eigenvalue weighted by Gasteiger charge is 2.28. The first-order chi connectivity index (χ1) is 9.94. The van der Waals surface area contributed by atoms with E-state index >= 15 is 0 Å². The Hall–Kier alpha value is -2.20. The van der Waals surface area contributed by atoms with Crippen LogP contribution in [-0.4, -0.2) is 47.3 Å². The summed E-state index contributed by atoms with van der Waals surface area (Å²) in [6.07, 6.45) is 4.41. The number of imidazole rings is 1. The summed E-state index contributed by atoms with van der Waals surface area (Å²) in [6.45, 7) is 0. The zero-order chi connectivity index (χ0) is 15.5. The quantitative estimate of drug-likeness (QED) is 0.674. The van der Waals surface area contributed by atoms with Crippen LogP contribution < -0.4 is 4.72 Å². The van der Waals surface area contributed by atoms with Crippen molar-refractivity contribution >= 4 is 16.0 Å². The molecule has 114 valence electrons. The van der Waals surface area contributed by atoms with Crippen LogP contribution in [0.15, 0.2) is 29.8 Å². The second kappa shape index (κ2) is 6.06. The van der Waals surface area contributed by atoms with Crippen molar-refractivity contribution in [1.82, 2.24) is 24.5 Å². The van der Waals surface area contributed by atoms with E-state index in [1.54, 1.807) is 0 Å². The van der Waals surface area contributed by atoms with Crippen molar-refractivity contribution in [3.05, 3.63) is 30.5 Å². The fourth-order valence-electron chi connectivity index (χ4n) is 1.80. The molecule has 2 aromatic heterocycles. The molecule has 2 N–H and O–H groups in total. The van der Waals surface area contributed by atoms with Crippen LogP contribution >= 0.6 is 0 Å². The van der Waals surface area contributed by atoms with E-state index in [4.69, 9.17) is 0 Å². The molecule has 0 radical (unpaired) electrons. The van der Waals surface area contributed by atoms with Crippen molar-refractivity contribution in [2.45, 2.75) is 17.5 Å². The minimum absolute atomic E-state index is 0.0407. The summed E-state index contributed by atoms with van der Waals surface area (Å²) in [5.74, 6) is -0.685. The van der Waals surface area contributed by atoms with Gasteiger partial charge in [-0.05, 0) is 6.07 Å². The smallest absolute Gasteiger partial charge is 0.324 e. The SMILES string of the molecule is COC(=O)[C@H](Cc1cnc[nH]1)NS(=O)(=O)c1ccnn1C. The van der Waals surface area contributed by atoms with Crippen LogP contribution in [0, 0.1) is 0 Å². The fraction of sp³-hybridized carbons (Fsp3) is 0.364. The number of sulfonamides is 1. The predicted octanol–water partition coefficient (Wildman–Crippen LogP) is -0.794. The molecule has 0 spiro atoms. The van der Waals surface area contributed by atoms with Gasteiger partial charge in [0.05, 0.1) is 19.6 Å². The Labute approximate surface area is 121 Å². The number of methoxy groups -OCH3 is 1. The first-order valence-electron chi connectivity index (χ1n) is 5.99. The topological polar surface area (TPSA) is 119 Å². The largest absolute Gasteiger partial charge is 0.468 e. The second-order valence-electron chi connectivity index (χ2n) is 4.27. The lowest BCUT2D eigenvalue weighted by Crippen LogP contribution is -2.43. The molecule has 2 aromatic rings. The number of carbonyl (C=O) groups excluding carboxylic acids is 1.